The van der Waals surface area contributed by atoms with Gasteiger partial charge in [-0.05, 0) is 43.9 Å². The van der Waals surface area contributed by atoms with Gasteiger partial charge in [-0.3, -0.25) is 9.59 Å². The molecule has 7 nitrogen and oxygen atoms in total. The minimum Gasteiger partial charge on any atom is -0.497 e. The van der Waals surface area contributed by atoms with Crippen LogP contribution in [0, 0.1) is 12.8 Å². The lowest BCUT2D eigenvalue weighted by atomic mass is 9.97. The number of carbonyl (C=O) groups excluding carboxylic acids is 1. The summed E-state index contributed by atoms with van der Waals surface area (Å²) in [4.78, 5) is 37.6. The maximum Gasteiger partial charge on any atom is 0.339 e. The molecule has 0 aliphatic carbocycles. The van der Waals surface area contributed by atoms with Crippen molar-refractivity contribution in [1.82, 2.24) is 4.90 Å². The zero-order valence-corrected chi connectivity index (χ0v) is 15.5. The van der Waals surface area contributed by atoms with Crippen molar-refractivity contribution in [3.8, 4) is 5.75 Å². The molecule has 1 saturated heterocycles. The predicted molar refractivity (Wildman–Crippen MR) is 99.0 cm³/mol. The highest BCUT2D eigenvalue weighted by molar-refractivity contribution is 5.83. The summed E-state index contributed by atoms with van der Waals surface area (Å²) in [5, 5.41) is 9.96. The normalized spacial score (nSPS) is 17.1. The molecule has 0 saturated carbocycles. The minimum atomic E-state index is -0.867. The first-order chi connectivity index (χ1) is 12.9. The number of nitrogens with zero attached hydrogens (tertiary/aromatic N) is 1. The van der Waals surface area contributed by atoms with E-state index >= 15 is 0 Å². The highest BCUT2D eigenvalue weighted by Gasteiger charge is 2.28. The molecule has 0 unspecified atom stereocenters. The molecule has 0 spiro atoms. The molecule has 0 radical (unpaired) electrons. The highest BCUT2D eigenvalue weighted by atomic mass is 16.5. The number of methoxy groups -OCH3 is 1. The molecule has 2 aromatic rings. The second-order valence-corrected chi connectivity index (χ2v) is 6.87. The Bertz CT molecular complexity index is 932. The lowest BCUT2D eigenvalue weighted by Crippen LogP contribution is -2.42. The molecule has 1 fully saturated rings. The third-order valence-corrected chi connectivity index (χ3v) is 5.21. The highest BCUT2D eigenvalue weighted by Crippen LogP contribution is 2.25. The Morgan fingerprint density at radius 3 is 2.85 bits per heavy atom. The molecule has 1 amide bonds. The van der Waals surface area contributed by atoms with Crippen molar-refractivity contribution < 1.29 is 23.8 Å². The van der Waals surface area contributed by atoms with E-state index < -0.39 is 17.5 Å². The number of benzene rings is 1. The number of carbonyl (C=O) groups is 2. The van der Waals surface area contributed by atoms with E-state index in [1.54, 1.807) is 24.1 Å². The molecule has 1 aliphatic heterocycles. The van der Waals surface area contributed by atoms with Gasteiger partial charge >= 0.3 is 11.6 Å². The van der Waals surface area contributed by atoms with Crippen LogP contribution in [0.25, 0.3) is 11.0 Å². The molecule has 3 rings (SSSR count). The summed E-state index contributed by atoms with van der Waals surface area (Å²) >= 11 is 0. The number of ether oxygens (including phenoxy) is 1. The molecule has 27 heavy (non-hydrogen) atoms. The first-order valence-electron chi connectivity index (χ1n) is 9.01. The van der Waals surface area contributed by atoms with Crippen molar-refractivity contribution in [2.24, 2.45) is 5.92 Å². The number of fused-ring (bicyclic) bond motifs is 1. The summed E-state index contributed by atoms with van der Waals surface area (Å²) < 4.78 is 10.6. The first kappa shape index (κ1) is 18.9. The Labute approximate surface area is 156 Å². The minimum absolute atomic E-state index is 0.130. The van der Waals surface area contributed by atoms with E-state index in [2.05, 4.69) is 0 Å². The molecule has 7 heteroatoms. The van der Waals surface area contributed by atoms with Gasteiger partial charge in [0.15, 0.2) is 0 Å². The van der Waals surface area contributed by atoms with Crippen molar-refractivity contribution in [3.63, 3.8) is 0 Å². The number of carboxylic acid groups (broad SMARTS) is 1. The van der Waals surface area contributed by atoms with E-state index in [0.717, 1.165) is 10.9 Å². The Balaban J connectivity index is 1.76. The molecule has 1 aromatic carbocycles. The van der Waals surface area contributed by atoms with Gasteiger partial charge in [0.2, 0.25) is 5.91 Å². The fourth-order valence-corrected chi connectivity index (χ4v) is 3.59. The number of aliphatic carboxylic acids is 1. The lowest BCUT2D eigenvalue weighted by molar-refractivity contribution is -0.145. The molecule has 144 valence electrons. The number of rotatable bonds is 5. The third kappa shape index (κ3) is 3.97. The summed E-state index contributed by atoms with van der Waals surface area (Å²) in [5.41, 5.74) is 1.27. The number of piperidine rings is 1. The fourth-order valence-electron chi connectivity index (χ4n) is 3.59. The summed E-state index contributed by atoms with van der Waals surface area (Å²) in [6.07, 6.45) is 1.69. The van der Waals surface area contributed by atoms with Crippen LogP contribution in [0.1, 0.15) is 30.4 Å². The molecular formula is C20H23NO6. The van der Waals surface area contributed by atoms with Crippen LogP contribution in [-0.4, -0.2) is 42.1 Å². The van der Waals surface area contributed by atoms with Gasteiger partial charge in [-0.2, -0.15) is 0 Å². The van der Waals surface area contributed by atoms with Crippen molar-refractivity contribution in [2.45, 2.75) is 32.6 Å². The molecule has 2 heterocycles. The predicted octanol–water partition coefficient (Wildman–Crippen LogP) is 2.37. The second kappa shape index (κ2) is 7.82. The van der Waals surface area contributed by atoms with E-state index in [1.165, 1.54) is 0 Å². The van der Waals surface area contributed by atoms with Crippen molar-refractivity contribution in [3.05, 3.63) is 39.7 Å². The largest absolute Gasteiger partial charge is 0.497 e. The molecule has 0 bridgehead atoms. The van der Waals surface area contributed by atoms with Crippen LogP contribution >= 0.6 is 0 Å². The van der Waals surface area contributed by atoms with Crippen LogP contribution < -0.4 is 10.4 Å². The monoisotopic (exact) mass is 373 g/mol. The van der Waals surface area contributed by atoms with Crippen LogP contribution in [0.15, 0.2) is 27.4 Å². The van der Waals surface area contributed by atoms with E-state index in [0.29, 0.717) is 36.3 Å². The van der Waals surface area contributed by atoms with Gasteiger partial charge in [-0.15, -0.1) is 0 Å². The van der Waals surface area contributed by atoms with Crippen LogP contribution in [-0.2, 0) is 16.0 Å². The molecule has 1 aromatic heterocycles. The Kier molecular flexibility index (Phi) is 5.48. The summed E-state index contributed by atoms with van der Waals surface area (Å²) in [7, 11) is 1.54. The van der Waals surface area contributed by atoms with E-state index in [9.17, 15) is 14.4 Å². The van der Waals surface area contributed by atoms with Gasteiger partial charge in [0.05, 0.1) is 13.0 Å². The van der Waals surface area contributed by atoms with E-state index in [1.807, 2.05) is 13.0 Å². The number of carboxylic acids is 1. The standard InChI is InChI=1S/C20H23NO6/c1-12-15-6-5-14(26-2)10-17(15)27-20(25)16(12)7-8-18(22)21-9-3-4-13(11-21)19(23)24/h5-6,10,13H,3-4,7-9,11H2,1-2H3,(H,23,24)/t13-/m0/s1. The van der Waals surface area contributed by atoms with Gasteiger partial charge in [-0.25, -0.2) is 4.79 Å². The van der Waals surface area contributed by atoms with Crippen LogP contribution in [0.5, 0.6) is 5.75 Å². The Morgan fingerprint density at radius 1 is 1.37 bits per heavy atom. The van der Waals surface area contributed by atoms with Crippen molar-refractivity contribution >= 4 is 22.8 Å². The van der Waals surface area contributed by atoms with E-state index in [4.69, 9.17) is 14.3 Å². The average molecular weight is 373 g/mol. The maximum absolute atomic E-state index is 12.5. The molecule has 1 aliphatic rings. The van der Waals surface area contributed by atoms with Crippen LogP contribution in [0.2, 0.25) is 0 Å². The van der Waals surface area contributed by atoms with Gasteiger partial charge in [0, 0.05) is 36.5 Å². The van der Waals surface area contributed by atoms with Crippen molar-refractivity contribution in [2.75, 3.05) is 20.2 Å². The summed E-state index contributed by atoms with van der Waals surface area (Å²) in [6.45, 7) is 2.64. The van der Waals surface area contributed by atoms with E-state index in [-0.39, 0.29) is 25.3 Å². The first-order valence-corrected chi connectivity index (χ1v) is 9.01. The quantitative estimate of drug-likeness (QED) is 0.808. The number of amides is 1. The van der Waals surface area contributed by atoms with Crippen LogP contribution in [0.4, 0.5) is 0 Å². The van der Waals surface area contributed by atoms with Crippen molar-refractivity contribution in [1.29, 1.82) is 0 Å². The average Bonchev–Trinajstić information content (AvgIpc) is 2.67. The number of hydrogen-bond donors (Lipinski definition) is 1. The number of likely N-dealkylation sites (tertiary alicyclic amines) is 1. The maximum atomic E-state index is 12.5. The van der Waals surface area contributed by atoms with Gasteiger partial charge in [0.1, 0.15) is 11.3 Å². The summed E-state index contributed by atoms with van der Waals surface area (Å²) in [6, 6.07) is 5.29. The molecular weight excluding hydrogens is 350 g/mol. The molecule has 1 atom stereocenters. The molecule has 1 N–H and O–H groups in total. The number of aryl methyl sites for hydroxylation is 1. The van der Waals surface area contributed by atoms with Gasteiger partial charge < -0.3 is 19.2 Å². The Morgan fingerprint density at radius 2 is 2.15 bits per heavy atom. The van der Waals surface area contributed by atoms with Gasteiger partial charge in [0.25, 0.3) is 0 Å². The Hall–Kier alpha value is -2.83. The zero-order chi connectivity index (χ0) is 19.6. The lowest BCUT2D eigenvalue weighted by Gasteiger charge is -2.30. The van der Waals surface area contributed by atoms with Gasteiger partial charge in [-0.1, -0.05) is 0 Å². The second-order valence-electron chi connectivity index (χ2n) is 6.87. The third-order valence-electron chi connectivity index (χ3n) is 5.21. The summed E-state index contributed by atoms with van der Waals surface area (Å²) in [5.74, 6) is -0.903. The van der Waals surface area contributed by atoms with Crippen LogP contribution in [0.3, 0.4) is 0 Å². The SMILES string of the molecule is COc1ccc2c(C)c(CCC(=O)N3CCC[C@H](C(=O)O)C3)c(=O)oc2c1. The topological polar surface area (TPSA) is 97.0 Å². The fraction of sp³-hybridized carbons (Fsp3) is 0.450. The number of hydrogen-bond acceptors (Lipinski definition) is 5. The zero-order valence-electron chi connectivity index (χ0n) is 15.5. The smallest absolute Gasteiger partial charge is 0.339 e.